The van der Waals surface area contributed by atoms with E-state index in [1.54, 1.807) is 0 Å². The van der Waals surface area contributed by atoms with Crippen LogP contribution in [0.3, 0.4) is 0 Å². The molecule has 0 aliphatic carbocycles. The number of amides is 2. The Balaban J connectivity index is 0.923. The normalized spacial score (nSPS) is 17.8. The Morgan fingerprint density at radius 2 is 1.12 bits per heavy atom. The summed E-state index contributed by atoms with van der Waals surface area (Å²) >= 11 is 12.3. The van der Waals surface area contributed by atoms with Crippen molar-refractivity contribution in [1.29, 1.82) is 0 Å². The minimum absolute atomic E-state index is 0.0450. The number of nitrogens with zero attached hydrogens (tertiary/aromatic N) is 6. The summed E-state index contributed by atoms with van der Waals surface area (Å²) in [4.78, 5) is 52.3. The Bertz CT molecular complexity index is 2390. The molecule has 4 aromatic carbocycles. The van der Waals surface area contributed by atoms with Gasteiger partial charge in [-0.3, -0.25) is 19.4 Å². The summed E-state index contributed by atoms with van der Waals surface area (Å²) in [6.07, 6.45) is 7.14. The fourth-order valence-electron chi connectivity index (χ4n) is 8.43. The molecule has 2 aliphatic heterocycles. The first-order valence-electron chi connectivity index (χ1n) is 20.0. The first-order chi connectivity index (χ1) is 28.5. The molecule has 0 spiro atoms. The number of carbonyl (C=O) groups excluding carboxylic acids is 2. The third kappa shape index (κ3) is 8.65. The van der Waals surface area contributed by atoms with Gasteiger partial charge in [-0.05, 0) is 131 Å². The van der Waals surface area contributed by atoms with E-state index >= 15 is 0 Å². The van der Waals surface area contributed by atoms with Crippen molar-refractivity contribution in [3.05, 3.63) is 142 Å². The highest BCUT2D eigenvalue weighted by Crippen LogP contribution is 2.38. The van der Waals surface area contributed by atoms with E-state index in [0.29, 0.717) is 34.6 Å². The number of carbonyl (C=O) groups is 2. The van der Waals surface area contributed by atoms with Crippen LogP contribution in [0.15, 0.2) is 109 Å². The van der Waals surface area contributed by atoms with Gasteiger partial charge in [0, 0.05) is 28.7 Å². The lowest BCUT2D eigenvalue weighted by atomic mass is 10.0. The second-order valence-electron chi connectivity index (χ2n) is 15.7. The average molecular weight is 832 g/mol. The predicted molar refractivity (Wildman–Crippen MR) is 231 cm³/mol. The molecule has 0 bridgehead atoms. The fraction of sp³-hybridized carbons (Fsp3) is 0.304. The Kier molecular flexibility index (Phi) is 11.9. The summed E-state index contributed by atoms with van der Waals surface area (Å²) in [5.74, 6) is 3.02. The average Bonchev–Trinajstić information content (AvgIpc) is 4.07. The number of nitrogens with one attached hydrogen (secondary N) is 2. The number of rotatable bonds is 12. The van der Waals surface area contributed by atoms with Gasteiger partial charge in [0.2, 0.25) is 11.8 Å². The highest BCUT2D eigenvalue weighted by atomic mass is 35.5. The van der Waals surface area contributed by atoms with Crippen LogP contribution in [0.4, 0.5) is 0 Å². The van der Waals surface area contributed by atoms with Crippen LogP contribution in [-0.4, -0.2) is 92.6 Å². The first kappa shape index (κ1) is 40.3. The molecule has 8 rings (SSSR count). The number of imidazole rings is 2. The van der Waals surface area contributed by atoms with Crippen molar-refractivity contribution in [3.63, 3.8) is 0 Å². The fourth-order valence-corrected chi connectivity index (χ4v) is 8.68. The van der Waals surface area contributed by atoms with Crippen molar-refractivity contribution in [1.82, 2.24) is 39.5 Å². The van der Waals surface area contributed by atoms with E-state index in [-0.39, 0.29) is 23.9 Å². The summed E-state index contributed by atoms with van der Waals surface area (Å²) in [6, 6.07) is 29.6. The van der Waals surface area contributed by atoms with Crippen molar-refractivity contribution < 1.29 is 14.3 Å². The van der Waals surface area contributed by atoms with Crippen LogP contribution >= 0.6 is 23.2 Å². The van der Waals surface area contributed by atoms with Crippen LogP contribution in [-0.2, 0) is 9.59 Å². The van der Waals surface area contributed by atoms with Crippen LogP contribution < -0.4 is 4.74 Å². The third-order valence-corrected chi connectivity index (χ3v) is 11.8. The van der Waals surface area contributed by atoms with Crippen LogP contribution in [0, 0.1) is 0 Å². The van der Waals surface area contributed by atoms with E-state index in [9.17, 15) is 9.59 Å². The molecule has 11 nitrogen and oxygen atoms in total. The quantitative estimate of drug-likeness (QED) is 0.126. The number of ether oxygens (including phenoxy) is 1. The number of H-pyrrole nitrogens is 2. The molecular weight excluding hydrogens is 783 g/mol. The first-order valence-corrected chi connectivity index (χ1v) is 20.7. The van der Waals surface area contributed by atoms with E-state index in [4.69, 9.17) is 37.9 Å². The maximum atomic E-state index is 14.0. The molecule has 4 unspecified atom stereocenters. The maximum Gasteiger partial charge on any atom is 0.245 e. The third-order valence-electron chi connectivity index (χ3n) is 11.3. The summed E-state index contributed by atoms with van der Waals surface area (Å²) in [5.41, 5.74) is 5.42. The number of halogens is 2. The van der Waals surface area contributed by atoms with Crippen molar-refractivity contribution in [3.8, 4) is 34.0 Å². The standard InChI is InChI=1S/C46H48Cl2N8O3/c1-53(2)41(30-12-18-33(47)19-13-30)45(57)55-24-6-10-39(55)43-49-27-37(51-43)29-16-22-35(23-17-29)59-36-9-5-8-32(26-36)38-28-50-44(52-38)40-11-7-25-56(40)46(58)42(54(3)4)31-14-20-34(48)21-15-31/h5,8-9,12-23,26-28,39-42H,6-7,10-11,24-25H2,1-4H3,(H,49,51)(H,50,52). The van der Waals surface area contributed by atoms with Gasteiger partial charge in [-0.2, -0.15) is 0 Å². The number of benzene rings is 4. The molecule has 2 N–H and O–H groups in total. The molecule has 4 atom stereocenters. The molecule has 2 saturated heterocycles. The van der Waals surface area contributed by atoms with E-state index in [0.717, 1.165) is 71.0 Å². The summed E-state index contributed by atoms with van der Waals surface area (Å²) < 4.78 is 6.31. The van der Waals surface area contributed by atoms with Gasteiger partial charge in [-0.1, -0.05) is 59.6 Å². The molecule has 13 heteroatoms. The number of hydrogen-bond acceptors (Lipinski definition) is 7. The molecule has 2 fully saturated rings. The molecule has 2 amide bonds. The largest absolute Gasteiger partial charge is 0.457 e. The zero-order chi connectivity index (χ0) is 41.2. The summed E-state index contributed by atoms with van der Waals surface area (Å²) in [7, 11) is 7.70. The highest BCUT2D eigenvalue weighted by Gasteiger charge is 2.38. The molecular formula is C46H48Cl2N8O3. The summed E-state index contributed by atoms with van der Waals surface area (Å²) in [6.45, 7) is 1.35. The Hall–Kier alpha value is -5.46. The minimum atomic E-state index is -0.426. The van der Waals surface area contributed by atoms with E-state index in [2.05, 4.69) is 9.97 Å². The van der Waals surface area contributed by atoms with Crippen molar-refractivity contribution >= 4 is 35.0 Å². The number of hydrogen-bond donors (Lipinski definition) is 2. The smallest absolute Gasteiger partial charge is 0.245 e. The monoisotopic (exact) mass is 830 g/mol. The van der Waals surface area contributed by atoms with Crippen LogP contribution in [0.2, 0.25) is 10.0 Å². The molecule has 0 saturated carbocycles. The number of aromatic amines is 2. The van der Waals surface area contributed by atoms with Gasteiger partial charge in [0.1, 0.15) is 35.2 Å². The predicted octanol–water partition coefficient (Wildman–Crippen LogP) is 9.50. The molecule has 2 aliphatic rings. The number of likely N-dealkylation sites (tertiary alicyclic amines) is 2. The second-order valence-corrected chi connectivity index (χ2v) is 16.6. The van der Waals surface area contributed by atoms with Crippen LogP contribution in [0.1, 0.15) is 72.6 Å². The van der Waals surface area contributed by atoms with Gasteiger partial charge in [0.25, 0.3) is 0 Å². The molecule has 4 heterocycles. The lowest BCUT2D eigenvalue weighted by molar-refractivity contribution is -0.138. The zero-order valence-electron chi connectivity index (χ0n) is 33.6. The molecule has 59 heavy (non-hydrogen) atoms. The lowest BCUT2D eigenvalue weighted by Crippen LogP contribution is -2.40. The minimum Gasteiger partial charge on any atom is -0.457 e. The van der Waals surface area contributed by atoms with Crippen LogP contribution in [0.5, 0.6) is 11.5 Å². The molecule has 6 aromatic rings. The summed E-state index contributed by atoms with van der Waals surface area (Å²) in [5, 5.41) is 1.28. The van der Waals surface area contributed by atoms with Crippen molar-refractivity contribution in [2.45, 2.75) is 49.9 Å². The van der Waals surface area contributed by atoms with Gasteiger partial charge < -0.3 is 24.5 Å². The number of aromatic nitrogens is 4. The van der Waals surface area contributed by atoms with E-state index in [1.165, 1.54) is 0 Å². The van der Waals surface area contributed by atoms with Crippen molar-refractivity contribution in [2.75, 3.05) is 41.3 Å². The van der Waals surface area contributed by atoms with Gasteiger partial charge in [-0.15, -0.1) is 0 Å². The zero-order valence-corrected chi connectivity index (χ0v) is 35.1. The van der Waals surface area contributed by atoms with E-state index in [1.807, 2.05) is 157 Å². The maximum absolute atomic E-state index is 14.0. The van der Waals surface area contributed by atoms with Gasteiger partial charge in [0.05, 0.1) is 35.9 Å². The van der Waals surface area contributed by atoms with Gasteiger partial charge >= 0.3 is 0 Å². The van der Waals surface area contributed by atoms with Crippen molar-refractivity contribution in [2.24, 2.45) is 0 Å². The Morgan fingerprint density at radius 3 is 1.59 bits per heavy atom. The Labute approximate surface area is 354 Å². The lowest BCUT2D eigenvalue weighted by Gasteiger charge is -2.31. The van der Waals surface area contributed by atoms with Crippen LogP contribution in [0.25, 0.3) is 22.5 Å². The molecule has 0 radical (unpaired) electrons. The second kappa shape index (κ2) is 17.4. The Morgan fingerprint density at radius 1 is 0.644 bits per heavy atom. The topological polar surface area (TPSA) is 114 Å². The SMILES string of the molecule is CN(C)C(C(=O)N1CCCC1c1ncc(-c2ccc(Oc3cccc(-c4cnc(C5CCCN5C(=O)C(c5ccc(Cl)cc5)N(C)C)[nH]4)c3)cc2)[nH]1)c1ccc(Cl)cc1. The highest BCUT2D eigenvalue weighted by molar-refractivity contribution is 6.30. The van der Waals surface area contributed by atoms with E-state index < -0.39 is 12.1 Å². The number of likely N-dealkylation sites (N-methyl/N-ethyl adjacent to an activating group) is 2. The van der Waals surface area contributed by atoms with Gasteiger partial charge in [0.15, 0.2) is 0 Å². The van der Waals surface area contributed by atoms with Gasteiger partial charge in [-0.25, -0.2) is 9.97 Å². The molecule has 2 aromatic heterocycles. The molecule has 304 valence electrons.